The minimum Gasteiger partial charge on any atom is -0.484 e. The number of hydrogen-bond donors (Lipinski definition) is 3. The third-order valence-corrected chi connectivity index (χ3v) is 7.10. The van der Waals surface area contributed by atoms with Gasteiger partial charge in [0, 0.05) is 39.8 Å². The number of rotatable bonds is 7. The van der Waals surface area contributed by atoms with Crippen molar-refractivity contribution in [1.29, 1.82) is 0 Å². The zero-order chi connectivity index (χ0) is 28.4. The maximum absolute atomic E-state index is 13.5. The Morgan fingerprint density at radius 2 is 1.79 bits per heavy atom. The van der Waals surface area contributed by atoms with E-state index in [4.69, 9.17) is 9.47 Å². The summed E-state index contributed by atoms with van der Waals surface area (Å²) in [4.78, 5) is 56.1. The largest absolute Gasteiger partial charge is 0.484 e. The Morgan fingerprint density at radius 1 is 1.10 bits per heavy atom. The molecule has 3 aliphatic heterocycles. The molecule has 2 bridgehead atoms. The van der Waals surface area contributed by atoms with Crippen LogP contribution >= 0.6 is 0 Å². The Hall–Kier alpha value is -3.18. The van der Waals surface area contributed by atoms with Gasteiger partial charge in [0.15, 0.2) is 6.61 Å². The molecule has 1 fully saturated rings. The number of likely N-dealkylation sites (tertiary alicyclic amines) is 1. The van der Waals surface area contributed by atoms with Gasteiger partial charge in [-0.1, -0.05) is 26.0 Å². The minimum atomic E-state index is -0.841. The van der Waals surface area contributed by atoms with Crippen LogP contribution in [0.5, 0.6) is 5.75 Å². The second-order valence-corrected chi connectivity index (χ2v) is 10.7. The number of benzene rings is 1. The van der Waals surface area contributed by atoms with Crippen LogP contribution in [0.15, 0.2) is 24.3 Å². The Kier molecular flexibility index (Phi) is 11.5. The summed E-state index contributed by atoms with van der Waals surface area (Å²) in [6.07, 6.45) is 2.05. The fourth-order valence-corrected chi connectivity index (χ4v) is 4.89. The first-order valence-corrected chi connectivity index (χ1v) is 13.7. The number of carbonyl (C=O) groups excluding carboxylic acids is 4. The number of ether oxygens (including phenoxy) is 2. The van der Waals surface area contributed by atoms with Crippen molar-refractivity contribution < 1.29 is 33.8 Å². The number of aliphatic hydroxyl groups is 1. The highest BCUT2D eigenvalue weighted by molar-refractivity contribution is 5.93. The van der Waals surface area contributed by atoms with E-state index in [1.54, 1.807) is 29.2 Å². The van der Waals surface area contributed by atoms with Crippen LogP contribution in [0.2, 0.25) is 0 Å². The van der Waals surface area contributed by atoms with Crippen LogP contribution in [0, 0.1) is 11.8 Å². The van der Waals surface area contributed by atoms with Crippen molar-refractivity contribution in [2.75, 3.05) is 53.1 Å². The van der Waals surface area contributed by atoms with Crippen molar-refractivity contribution in [2.45, 2.75) is 51.6 Å². The van der Waals surface area contributed by atoms with Crippen molar-refractivity contribution in [2.24, 2.45) is 11.8 Å². The summed E-state index contributed by atoms with van der Waals surface area (Å²) >= 11 is 0. The Labute approximate surface area is 230 Å². The molecule has 3 aliphatic rings. The van der Waals surface area contributed by atoms with Crippen LogP contribution in [0.25, 0.3) is 0 Å². The van der Waals surface area contributed by atoms with Crippen LogP contribution in [0.1, 0.15) is 38.7 Å². The molecule has 1 aromatic rings. The summed E-state index contributed by atoms with van der Waals surface area (Å²) in [5.41, 5.74) is 0.812. The average molecular weight is 547 g/mol. The molecular weight excluding hydrogens is 504 g/mol. The highest BCUT2D eigenvalue weighted by Gasteiger charge is 2.32. The van der Waals surface area contributed by atoms with E-state index in [0.29, 0.717) is 38.1 Å². The van der Waals surface area contributed by atoms with Gasteiger partial charge in [0.2, 0.25) is 17.7 Å². The highest BCUT2D eigenvalue weighted by atomic mass is 16.5. The minimum absolute atomic E-state index is 0.0974. The molecule has 11 heteroatoms. The van der Waals surface area contributed by atoms with Gasteiger partial charge in [-0.15, -0.1) is 0 Å². The number of methoxy groups -OCH3 is 1. The van der Waals surface area contributed by atoms with Gasteiger partial charge in [0.05, 0.1) is 13.2 Å². The summed E-state index contributed by atoms with van der Waals surface area (Å²) < 4.78 is 10.8. The number of amides is 4. The van der Waals surface area contributed by atoms with Crippen molar-refractivity contribution in [3.05, 3.63) is 29.8 Å². The molecule has 1 saturated heterocycles. The zero-order valence-electron chi connectivity index (χ0n) is 23.2. The number of carbonyl (C=O) groups is 4. The fourth-order valence-electron chi connectivity index (χ4n) is 4.89. The predicted octanol–water partition coefficient (Wildman–Crippen LogP) is 0.343. The summed E-state index contributed by atoms with van der Waals surface area (Å²) in [5.74, 6) is -0.732. The van der Waals surface area contributed by atoms with Gasteiger partial charge in [-0.3, -0.25) is 19.2 Å². The normalized spacial score (nSPS) is 22.0. The van der Waals surface area contributed by atoms with Gasteiger partial charge in [-0.2, -0.15) is 0 Å². The van der Waals surface area contributed by atoms with E-state index in [0.717, 1.165) is 5.56 Å². The number of fused-ring (bicyclic) bond motifs is 13. The summed E-state index contributed by atoms with van der Waals surface area (Å²) in [7, 11) is 1.51. The summed E-state index contributed by atoms with van der Waals surface area (Å²) in [5, 5.41) is 15.1. The Balaban J connectivity index is 1.88. The molecule has 216 valence electrons. The Bertz CT molecular complexity index is 977. The zero-order valence-corrected chi connectivity index (χ0v) is 23.2. The van der Waals surface area contributed by atoms with Crippen molar-refractivity contribution in [1.82, 2.24) is 20.4 Å². The average Bonchev–Trinajstić information content (AvgIpc) is 2.92. The van der Waals surface area contributed by atoms with Gasteiger partial charge in [0.25, 0.3) is 5.91 Å². The van der Waals surface area contributed by atoms with Gasteiger partial charge in [0.1, 0.15) is 17.8 Å². The van der Waals surface area contributed by atoms with Crippen LogP contribution in [-0.2, 0) is 30.3 Å². The van der Waals surface area contributed by atoms with Crippen LogP contribution in [0.4, 0.5) is 0 Å². The first kappa shape index (κ1) is 30.4. The number of nitrogens with zero attached hydrogens (tertiary/aromatic N) is 2. The maximum atomic E-state index is 13.5. The molecule has 0 radical (unpaired) electrons. The molecular formula is C28H42N4O7. The topological polar surface area (TPSA) is 138 Å². The number of piperidine rings is 1. The number of aliphatic hydroxyl groups excluding tert-OH is 1. The van der Waals surface area contributed by atoms with Crippen molar-refractivity contribution >= 4 is 23.6 Å². The van der Waals surface area contributed by atoms with Crippen molar-refractivity contribution in [3.8, 4) is 5.75 Å². The second-order valence-electron chi connectivity index (χ2n) is 10.7. The molecule has 4 amide bonds. The smallest absolute Gasteiger partial charge is 0.258 e. The van der Waals surface area contributed by atoms with E-state index in [2.05, 4.69) is 10.6 Å². The molecule has 11 nitrogen and oxygen atoms in total. The van der Waals surface area contributed by atoms with Crippen LogP contribution in [-0.4, -0.2) is 104 Å². The molecule has 39 heavy (non-hydrogen) atoms. The lowest BCUT2D eigenvalue weighted by atomic mass is 9.96. The SMILES string of the molecule is COCCN1CC(=O)N[C@@H](C(=O)N2CCC(CO)CC2)Cc2ccc(cc2)OCC(=O)N[C@@H](CC(C)C)C1=O. The van der Waals surface area contributed by atoms with E-state index in [-0.39, 0.29) is 57.1 Å². The lowest BCUT2D eigenvalue weighted by molar-refractivity contribution is -0.142. The molecule has 0 spiro atoms. The summed E-state index contributed by atoms with van der Waals surface area (Å²) in [6, 6.07) is 5.38. The third kappa shape index (κ3) is 9.21. The predicted molar refractivity (Wildman–Crippen MR) is 144 cm³/mol. The molecule has 0 aliphatic carbocycles. The third-order valence-electron chi connectivity index (χ3n) is 7.10. The monoisotopic (exact) mass is 546 g/mol. The first-order valence-electron chi connectivity index (χ1n) is 13.7. The first-order chi connectivity index (χ1) is 18.7. The Morgan fingerprint density at radius 3 is 2.41 bits per heavy atom. The van der Waals surface area contributed by atoms with E-state index in [9.17, 15) is 24.3 Å². The quantitative estimate of drug-likeness (QED) is 0.420. The maximum Gasteiger partial charge on any atom is 0.258 e. The van der Waals surface area contributed by atoms with Gasteiger partial charge in [-0.25, -0.2) is 0 Å². The second kappa shape index (κ2) is 14.8. The fraction of sp³-hybridized carbons (Fsp3) is 0.643. The van der Waals surface area contributed by atoms with E-state index < -0.39 is 29.8 Å². The number of hydrogen-bond acceptors (Lipinski definition) is 7. The van der Waals surface area contributed by atoms with Gasteiger partial charge in [-0.05, 0) is 48.8 Å². The van der Waals surface area contributed by atoms with Gasteiger partial charge >= 0.3 is 0 Å². The van der Waals surface area contributed by atoms with E-state index in [1.165, 1.54) is 12.0 Å². The van der Waals surface area contributed by atoms with Crippen LogP contribution < -0.4 is 15.4 Å². The molecule has 0 aromatic heterocycles. The highest BCUT2D eigenvalue weighted by Crippen LogP contribution is 2.19. The standard InChI is InChI=1S/C28H42N4O7/c1-19(2)14-23-28(37)32(12-13-38-3)16-25(34)29-24(27(36)31-10-8-21(17-33)9-11-31)15-20-4-6-22(7-5-20)39-18-26(35)30-23/h4-7,19,21,23-24,33H,8-18H2,1-3H3,(H,29,34)(H,30,35)/t23-,24+/m0/s1. The molecule has 2 atom stereocenters. The molecule has 0 unspecified atom stereocenters. The molecule has 3 N–H and O–H groups in total. The molecule has 4 rings (SSSR count). The lowest BCUT2D eigenvalue weighted by Gasteiger charge is -2.34. The number of nitrogens with one attached hydrogen (secondary N) is 2. The molecule has 1 aromatic carbocycles. The van der Waals surface area contributed by atoms with Gasteiger partial charge < -0.3 is 35.0 Å². The summed E-state index contributed by atoms with van der Waals surface area (Å²) in [6.45, 7) is 4.83. The van der Waals surface area contributed by atoms with Crippen molar-refractivity contribution in [3.63, 3.8) is 0 Å². The van der Waals surface area contributed by atoms with Crippen LogP contribution in [0.3, 0.4) is 0 Å². The van der Waals surface area contributed by atoms with E-state index >= 15 is 0 Å². The van der Waals surface area contributed by atoms with E-state index in [1.807, 2.05) is 13.8 Å². The molecule has 3 heterocycles. The lowest BCUT2D eigenvalue weighted by Crippen LogP contribution is -2.56. The molecule has 0 saturated carbocycles.